The first-order valence-corrected chi connectivity index (χ1v) is 5.38. The van der Waals surface area contributed by atoms with Crippen molar-refractivity contribution in [1.29, 1.82) is 0 Å². The van der Waals surface area contributed by atoms with Crippen molar-refractivity contribution in [3.05, 3.63) is 35.9 Å². The molecule has 1 aliphatic rings. The van der Waals surface area contributed by atoms with Gasteiger partial charge in [-0.05, 0) is 37.3 Å². The Morgan fingerprint density at radius 3 is 2.73 bits per heavy atom. The van der Waals surface area contributed by atoms with Gasteiger partial charge in [-0.25, -0.2) is 9.97 Å². The van der Waals surface area contributed by atoms with Crippen LogP contribution in [0.3, 0.4) is 0 Å². The second-order valence-electron chi connectivity index (χ2n) is 3.73. The van der Waals surface area contributed by atoms with Gasteiger partial charge in [-0.1, -0.05) is 12.5 Å². The summed E-state index contributed by atoms with van der Waals surface area (Å²) < 4.78 is 0. The summed E-state index contributed by atoms with van der Waals surface area (Å²) in [6.45, 7) is 0. The van der Waals surface area contributed by atoms with Crippen LogP contribution in [0.4, 0.5) is 0 Å². The van der Waals surface area contributed by atoms with Gasteiger partial charge in [0.05, 0.1) is 0 Å². The van der Waals surface area contributed by atoms with Gasteiger partial charge in [-0.2, -0.15) is 0 Å². The highest BCUT2D eigenvalue weighted by Gasteiger charge is 2.15. The molecule has 0 radical (unpaired) electrons. The van der Waals surface area contributed by atoms with Crippen LogP contribution in [0.1, 0.15) is 42.7 Å². The van der Waals surface area contributed by atoms with E-state index in [1.807, 2.05) is 6.08 Å². The minimum absolute atomic E-state index is 0.00231. The topological polar surface area (TPSA) is 42.9 Å². The van der Waals surface area contributed by atoms with Crippen molar-refractivity contribution in [2.75, 3.05) is 0 Å². The molecular weight excluding hydrogens is 188 g/mol. The number of rotatable bonds is 2. The van der Waals surface area contributed by atoms with E-state index in [1.54, 1.807) is 18.5 Å². The molecule has 1 aromatic rings. The van der Waals surface area contributed by atoms with E-state index in [-0.39, 0.29) is 5.78 Å². The molecule has 1 aromatic heterocycles. The van der Waals surface area contributed by atoms with Crippen LogP contribution in [0, 0.1) is 0 Å². The van der Waals surface area contributed by atoms with Crippen molar-refractivity contribution in [3.8, 4) is 0 Å². The monoisotopic (exact) mass is 202 g/mol. The van der Waals surface area contributed by atoms with E-state index in [0.29, 0.717) is 5.82 Å². The molecule has 0 unspecified atom stereocenters. The second-order valence-corrected chi connectivity index (χ2v) is 3.73. The quantitative estimate of drug-likeness (QED) is 0.692. The zero-order chi connectivity index (χ0) is 10.5. The van der Waals surface area contributed by atoms with Crippen LogP contribution in [0.5, 0.6) is 0 Å². The molecule has 0 aliphatic heterocycles. The highest BCUT2D eigenvalue weighted by molar-refractivity contribution is 6.06. The lowest BCUT2D eigenvalue weighted by molar-refractivity contribution is 0.102. The molecule has 0 amide bonds. The van der Waals surface area contributed by atoms with Gasteiger partial charge in [0.1, 0.15) is 0 Å². The lowest BCUT2D eigenvalue weighted by atomic mass is 10.1. The highest BCUT2D eigenvalue weighted by Crippen LogP contribution is 2.19. The summed E-state index contributed by atoms with van der Waals surface area (Å²) >= 11 is 0. The van der Waals surface area contributed by atoms with Gasteiger partial charge in [0, 0.05) is 12.4 Å². The van der Waals surface area contributed by atoms with Crippen LogP contribution >= 0.6 is 0 Å². The normalized spacial score (nSPS) is 16.7. The summed E-state index contributed by atoms with van der Waals surface area (Å²) in [6, 6.07) is 1.72. The van der Waals surface area contributed by atoms with Crippen LogP contribution in [0.2, 0.25) is 0 Å². The molecule has 0 saturated carbocycles. The minimum Gasteiger partial charge on any atom is -0.285 e. The van der Waals surface area contributed by atoms with Crippen LogP contribution in [0.25, 0.3) is 0 Å². The smallest absolute Gasteiger partial charge is 0.225 e. The van der Waals surface area contributed by atoms with E-state index < -0.39 is 0 Å². The van der Waals surface area contributed by atoms with E-state index in [1.165, 1.54) is 12.8 Å². The number of hydrogen-bond acceptors (Lipinski definition) is 3. The summed E-state index contributed by atoms with van der Waals surface area (Å²) in [5.41, 5.74) is 0.888. The predicted octanol–water partition coefficient (Wildman–Crippen LogP) is 2.55. The maximum atomic E-state index is 12.0. The van der Waals surface area contributed by atoms with Crippen LogP contribution in [-0.2, 0) is 0 Å². The lowest BCUT2D eigenvalue weighted by Crippen LogP contribution is -2.07. The molecule has 15 heavy (non-hydrogen) atoms. The second kappa shape index (κ2) is 4.82. The molecule has 2 rings (SSSR count). The van der Waals surface area contributed by atoms with Crippen molar-refractivity contribution in [2.24, 2.45) is 0 Å². The average Bonchev–Trinajstić information content (AvgIpc) is 2.58. The summed E-state index contributed by atoms with van der Waals surface area (Å²) in [5, 5.41) is 0. The Kier molecular flexibility index (Phi) is 3.22. The third-order valence-electron chi connectivity index (χ3n) is 2.60. The first kappa shape index (κ1) is 10.0. The summed E-state index contributed by atoms with van der Waals surface area (Å²) in [4.78, 5) is 19.9. The number of carbonyl (C=O) groups excluding carboxylic acids is 1. The van der Waals surface area contributed by atoms with Crippen molar-refractivity contribution >= 4 is 5.78 Å². The Bertz CT molecular complexity index is 370. The van der Waals surface area contributed by atoms with E-state index in [9.17, 15) is 4.79 Å². The summed E-state index contributed by atoms with van der Waals surface area (Å²) in [5.74, 6) is 0.322. The largest absolute Gasteiger partial charge is 0.285 e. The van der Waals surface area contributed by atoms with Gasteiger partial charge in [-0.15, -0.1) is 0 Å². The van der Waals surface area contributed by atoms with Crippen LogP contribution in [-0.4, -0.2) is 15.8 Å². The van der Waals surface area contributed by atoms with E-state index in [0.717, 1.165) is 24.8 Å². The average molecular weight is 202 g/mol. The molecule has 0 aromatic carbocycles. The Balaban J connectivity index is 2.17. The summed E-state index contributed by atoms with van der Waals surface area (Å²) in [7, 11) is 0. The Hall–Kier alpha value is -1.51. The standard InChI is InChI=1S/C12H14N2O/c15-11(12-13-8-5-9-14-12)10-6-3-1-2-4-7-10/h5-6,8-9H,1-4,7H2. The van der Waals surface area contributed by atoms with Gasteiger partial charge in [0.25, 0.3) is 0 Å². The highest BCUT2D eigenvalue weighted by atomic mass is 16.1. The van der Waals surface area contributed by atoms with Gasteiger partial charge < -0.3 is 0 Å². The molecule has 3 nitrogen and oxygen atoms in total. The van der Waals surface area contributed by atoms with E-state index in [4.69, 9.17) is 0 Å². The molecule has 0 spiro atoms. The van der Waals surface area contributed by atoms with Gasteiger partial charge >= 0.3 is 0 Å². The molecule has 78 valence electrons. The van der Waals surface area contributed by atoms with Gasteiger partial charge in [-0.3, -0.25) is 4.79 Å². The molecule has 0 bridgehead atoms. The van der Waals surface area contributed by atoms with Crippen molar-refractivity contribution < 1.29 is 4.79 Å². The Morgan fingerprint density at radius 1 is 1.13 bits per heavy atom. The minimum atomic E-state index is -0.00231. The van der Waals surface area contributed by atoms with E-state index in [2.05, 4.69) is 9.97 Å². The SMILES string of the molecule is O=C(C1=CCCCCC1)c1ncccn1. The number of nitrogens with zero attached hydrogens (tertiary/aromatic N) is 2. The third kappa shape index (κ3) is 2.49. The molecule has 0 N–H and O–H groups in total. The lowest BCUT2D eigenvalue weighted by Gasteiger charge is -2.01. The molecular formula is C12H14N2O. The van der Waals surface area contributed by atoms with Crippen LogP contribution < -0.4 is 0 Å². The fourth-order valence-corrected chi connectivity index (χ4v) is 1.78. The molecule has 1 heterocycles. The van der Waals surface area contributed by atoms with Crippen molar-refractivity contribution in [2.45, 2.75) is 32.1 Å². The van der Waals surface area contributed by atoms with Gasteiger partial charge in [0.15, 0.2) is 0 Å². The first-order valence-electron chi connectivity index (χ1n) is 5.38. The van der Waals surface area contributed by atoms with E-state index >= 15 is 0 Å². The maximum Gasteiger partial charge on any atom is 0.225 e. The fraction of sp³-hybridized carbons (Fsp3) is 0.417. The zero-order valence-corrected chi connectivity index (χ0v) is 8.65. The number of hydrogen-bond donors (Lipinski definition) is 0. The molecule has 1 aliphatic carbocycles. The molecule has 0 saturated heterocycles. The molecule has 0 fully saturated rings. The Morgan fingerprint density at radius 2 is 1.93 bits per heavy atom. The van der Waals surface area contributed by atoms with Crippen molar-refractivity contribution in [1.82, 2.24) is 9.97 Å². The van der Waals surface area contributed by atoms with Crippen LogP contribution in [0.15, 0.2) is 30.1 Å². The Labute approximate surface area is 89.3 Å². The number of Topliss-reactive ketones (excluding diaryl/α,β-unsaturated/α-hetero) is 1. The first-order chi connectivity index (χ1) is 7.38. The predicted molar refractivity (Wildman–Crippen MR) is 57.5 cm³/mol. The third-order valence-corrected chi connectivity index (χ3v) is 2.60. The van der Waals surface area contributed by atoms with Crippen molar-refractivity contribution in [3.63, 3.8) is 0 Å². The zero-order valence-electron chi connectivity index (χ0n) is 8.65. The molecule has 3 heteroatoms. The summed E-state index contributed by atoms with van der Waals surface area (Å²) in [6.07, 6.45) is 10.6. The van der Waals surface area contributed by atoms with Gasteiger partial charge in [0.2, 0.25) is 11.6 Å². The number of carbonyl (C=O) groups is 1. The number of allylic oxidation sites excluding steroid dienone is 2. The number of aromatic nitrogens is 2. The number of ketones is 1. The molecule has 0 atom stereocenters. The fourth-order valence-electron chi connectivity index (χ4n) is 1.78. The maximum absolute atomic E-state index is 12.0.